The van der Waals surface area contributed by atoms with Gasteiger partial charge in [-0.1, -0.05) is 6.42 Å². The standard InChI is InChI=1S/C15H21NO2/c1-11-4-3-5-12(2)16(11)10-15(18)13-6-8-14(17)9-7-13/h6-9,11-12,17H,3-5,10H2,1-2H3. The van der Waals surface area contributed by atoms with E-state index in [1.807, 2.05) is 0 Å². The zero-order chi connectivity index (χ0) is 13.1. The van der Waals surface area contributed by atoms with Gasteiger partial charge in [0.15, 0.2) is 5.78 Å². The summed E-state index contributed by atoms with van der Waals surface area (Å²) in [6.45, 7) is 4.87. The molecule has 2 unspecified atom stereocenters. The van der Waals surface area contributed by atoms with E-state index in [0.717, 1.165) is 0 Å². The van der Waals surface area contributed by atoms with Crippen LogP contribution >= 0.6 is 0 Å². The van der Waals surface area contributed by atoms with E-state index in [2.05, 4.69) is 18.7 Å². The number of ketones is 1. The highest BCUT2D eigenvalue weighted by Gasteiger charge is 2.26. The Bertz CT molecular complexity index is 403. The van der Waals surface area contributed by atoms with Gasteiger partial charge < -0.3 is 5.11 Å². The van der Waals surface area contributed by atoms with Crippen LogP contribution in [0.4, 0.5) is 0 Å². The Morgan fingerprint density at radius 3 is 2.33 bits per heavy atom. The van der Waals surface area contributed by atoms with Crippen molar-refractivity contribution in [3.63, 3.8) is 0 Å². The number of likely N-dealkylation sites (tertiary alicyclic amines) is 1. The topological polar surface area (TPSA) is 40.5 Å². The zero-order valence-electron chi connectivity index (χ0n) is 11.1. The van der Waals surface area contributed by atoms with E-state index in [9.17, 15) is 9.90 Å². The molecule has 2 rings (SSSR count). The first-order valence-corrected chi connectivity index (χ1v) is 6.66. The number of benzene rings is 1. The maximum atomic E-state index is 12.2. The van der Waals surface area contributed by atoms with Gasteiger partial charge in [-0.3, -0.25) is 9.69 Å². The molecule has 1 fully saturated rings. The fraction of sp³-hybridized carbons (Fsp3) is 0.533. The number of nitrogens with zero attached hydrogens (tertiary/aromatic N) is 1. The number of aromatic hydroxyl groups is 1. The van der Waals surface area contributed by atoms with Crippen LogP contribution in [0.15, 0.2) is 24.3 Å². The molecule has 0 amide bonds. The number of piperidine rings is 1. The van der Waals surface area contributed by atoms with Crippen LogP contribution in [0.25, 0.3) is 0 Å². The van der Waals surface area contributed by atoms with Crippen LogP contribution in [-0.2, 0) is 0 Å². The van der Waals surface area contributed by atoms with Crippen molar-refractivity contribution in [2.75, 3.05) is 6.54 Å². The summed E-state index contributed by atoms with van der Waals surface area (Å²) in [5.74, 6) is 0.335. The highest BCUT2D eigenvalue weighted by molar-refractivity contribution is 5.97. The lowest BCUT2D eigenvalue weighted by Gasteiger charge is -2.38. The number of Topliss-reactive ketones (excluding diaryl/α,β-unsaturated/α-hetero) is 1. The van der Waals surface area contributed by atoms with Crippen molar-refractivity contribution >= 4 is 5.78 Å². The average Bonchev–Trinajstić information content (AvgIpc) is 2.34. The summed E-state index contributed by atoms with van der Waals surface area (Å²) < 4.78 is 0. The lowest BCUT2D eigenvalue weighted by atomic mass is 9.96. The molecule has 2 atom stereocenters. The molecule has 18 heavy (non-hydrogen) atoms. The third kappa shape index (κ3) is 2.91. The van der Waals surface area contributed by atoms with Crippen molar-refractivity contribution in [3.05, 3.63) is 29.8 Å². The highest BCUT2D eigenvalue weighted by atomic mass is 16.3. The van der Waals surface area contributed by atoms with E-state index in [0.29, 0.717) is 24.2 Å². The molecule has 1 heterocycles. The van der Waals surface area contributed by atoms with Gasteiger partial charge in [0, 0.05) is 17.6 Å². The first-order chi connectivity index (χ1) is 8.58. The normalized spacial score (nSPS) is 25.0. The van der Waals surface area contributed by atoms with Crippen molar-refractivity contribution in [1.82, 2.24) is 4.90 Å². The lowest BCUT2D eigenvalue weighted by molar-refractivity contribution is 0.0734. The molecule has 0 spiro atoms. The molecular weight excluding hydrogens is 226 g/mol. The molecule has 3 heteroatoms. The van der Waals surface area contributed by atoms with Gasteiger partial charge >= 0.3 is 0 Å². The Kier molecular flexibility index (Phi) is 4.02. The molecule has 0 radical (unpaired) electrons. The molecule has 1 N–H and O–H groups in total. The minimum atomic E-state index is 0.135. The SMILES string of the molecule is CC1CCCC(C)N1CC(=O)c1ccc(O)cc1. The first-order valence-electron chi connectivity index (χ1n) is 6.66. The quantitative estimate of drug-likeness (QED) is 0.835. The van der Waals surface area contributed by atoms with Gasteiger partial charge in [0.05, 0.1) is 6.54 Å². The lowest BCUT2D eigenvalue weighted by Crippen LogP contribution is -2.46. The fourth-order valence-corrected chi connectivity index (χ4v) is 2.69. The highest BCUT2D eigenvalue weighted by Crippen LogP contribution is 2.22. The van der Waals surface area contributed by atoms with E-state index in [1.165, 1.54) is 19.3 Å². The van der Waals surface area contributed by atoms with Gasteiger partial charge in [0.1, 0.15) is 5.75 Å². The van der Waals surface area contributed by atoms with E-state index < -0.39 is 0 Å². The molecule has 3 nitrogen and oxygen atoms in total. The second-order valence-corrected chi connectivity index (χ2v) is 5.27. The van der Waals surface area contributed by atoms with E-state index in [-0.39, 0.29) is 11.5 Å². The largest absolute Gasteiger partial charge is 0.508 e. The van der Waals surface area contributed by atoms with Gasteiger partial charge in [-0.05, 0) is 51.0 Å². The maximum Gasteiger partial charge on any atom is 0.176 e. The Labute approximate surface area is 108 Å². The minimum absolute atomic E-state index is 0.135. The second-order valence-electron chi connectivity index (χ2n) is 5.27. The van der Waals surface area contributed by atoms with E-state index >= 15 is 0 Å². The van der Waals surface area contributed by atoms with Crippen LogP contribution < -0.4 is 0 Å². The number of hydrogen-bond donors (Lipinski definition) is 1. The molecule has 1 aromatic carbocycles. The Morgan fingerprint density at radius 1 is 1.22 bits per heavy atom. The van der Waals surface area contributed by atoms with Crippen molar-refractivity contribution in [3.8, 4) is 5.75 Å². The van der Waals surface area contributed by atoms with Crippen LogP contribution in [0.2, 0.25) is 0 Å². The summed E-state index contributed by atoms with van der Waals surface area (Å²) in [6, 6.07) is 7.48. The number of rotatable bonds is 3. The number of hydrogen-bond acceptors (Lipinski definition) is 3. The van der Waals surface area contributed by atoms with Crippen LogP contribution in [0.3, 0.4) is 0 Å². The predicted molar refractivity (Wildman–Crippen MR) is 71.9 cm³/mol. The van der Waals surface area contributed by atoms with Gasteiger partial charge in [0.2, 0.25) is 0 Å². The van der Waals surface area contributed by atoms with Gasteiger partial charge in [-0.15, -0.1) is 0 Å². The summed E-state index contributed by atoms with van der Waals surface area (Å²) in [7, 11) is 0. The van der Waals surface area contributed by atoms with Crippen LogP contribution in [0.1, 0.15) is 43.5 Å². The molecule has 0 saturated carbocycles. The monoisotopic (exact) mass is 247 g/mol. The summed E-state index contributed by atoms with van der Waals surface area (Å²) in [4.78, 5) is 14.5. The van der Waals surface area contributed by atoms with E-state index in [1.54, 1.807) is 24.3 Å². The molecule has 1 aliphatic rings. The Hall–Kier alpha value is -1.35. The minimum Gasteiger partial charge on any atom is -0.508 e. The van der Waals surface area contributed by atoms with Crippen LogP contribution in [0.5, 0.6) is 5.75 Å². The molecule has 1 aliphatic heterocycles. The van der Waals surface area contributed by atoms with Crippen LogP contribution in [-0.4, -0.2) is 34.4 Å². The number of carbonyl (C=O) groups excluding carboxylic acids is 1. The molecular formula is C15H21NO2. The third-order valence-electron chi connectivity index (χ3n) is 3.89. The number of phenolic OH excluding ortho intramolecular Hbond substituents is 1. The van der Waals surface area contributed by atoms with Crippen molar-refractivity contribution in [2.24, 2.45) is 0 Å². The average molecular weight is 247 g/mol. The predicted octanol–water partition coefficient (Wildman–Crippen LogP) is 2.84. The molecule has 0 aliphatic carbocycles. The number of carbonyl (C=O) groups is 1. The fourth-order valence-electron chi connectivity index (χ4n) is 2.69. The van der Waals surface area contributed by atoms with Crippen molar-refractivity contribution < 1.29 is 9.90 Å². The van der Waals surface area contributed by atoms with Crippen molar-refractivity contribution in [1.29, 1.82) is 0 Å². The molecule has 1 saturated heterocycles. The van der Waals surface area contributed by atoms with Gasteiger partial charge in [-0.2, -0.15) is 0 Å². The van der Waals surface area contributed by atoms with Crippen molar-refractivity contribution in [2.45, 2.75) is 45.2 Å². The van der Waals surface area contributed by atoms with Gasteiger partial charge in [-0.25, -0.2) is 0 Å². The Balaban J connectivity index is 2.04. The third-order valence-corrected chi connectivity index (χ3v) is 3.89. The van der Waals surface area contributed by atoms with Crippen LogP contribution in [0, 0.1) is 0 Å². The van der Waals surface area contributed by atoms with Gasteiger partial charge in [0.25, 0.3) is 0 Å². The summed E-state index contributed by atoms with van der Waals surface area (Å²) in [6.07, 6.45) is 3.60. The maximum absolute atomic E-state index is 12.2. The molecule has 0 bridgehead atoms. The zero-order valence-corrected chi connectivity index (χ0v) is 11.1. The Morgan fingerprint density at radius 2 is 1.78 bits per heavy atom. The smallest absolute Gasteiger partial charge is 0.176 e. The summed E-state index contributed by atoms with van der Waals surface area (Å²) in [5.41, 5.74) is 0.678. The molecule has 98 valence electrons. The summed E-state index contributed by atoms with van der Waals surface area (Å²) >= 11 is 0. The molecule has 1 aromatic rings. The second kappa shape index (κ2) is 5.53. The molecule has 0 aromatic heterocycles. The van der Waals surface area contributed by atoms with E-state index in [4.69, 9.17) is 0 Å². The summed E-state index contributed by atoms with van der Waals surface area (Å²) in [5, 5.41) is 9.22. The number of phenols is 1. The first kappa shape index (κ1) is 13.1.